The van der Waals surface area contributed by atoms with E-state index in [4.69, 9.17) is 10.5 Å². The molecule has 0 bridgehead atoms. The third kappa shape index (κ3) is 9.24. The fourth-order valence-electron chi connectivity index (χ4n) is 2.77. The van der Waals surface area contributed by atoms with Gasteiger partial charge in [-0.3, -0.25) is 9.59 Å². The zero-order valence-electron chi connectivity index (χ0n) is 17.8. The van der Waals surface area contributed by atoms with E-state index in [0.29, 0.717) is 18.7 Å². The number of carbonyl (C=O) groups excluding carboxylic acids is 2. The molecule has 168 valence electrons. The van der Waals surface area contributed by atoms with Crippen LogP contribution in [0, 0.1) is 0 Å². The lowest BCUT2D eigenvalue weighted by Crippen LogP contribution is -2.38. The minimum atomic E-state index is -0.580. The molecule has 0 unspecified atom stereocenters. The fourth-order valence-corrected chi connectivity index (χ4v) is 2.77. The summed E-state index contributed by atoms with van der Waals surface area (Å²) in [6.07, 6.45) is 0.809. The number of guanidine groups is 1. The first kappa shape index (κ1) is 26.2. The molecule has 0 atom stereocenters. The fraction of sp³-hybridized carbons (Fsp3) is 0.318. The number of methoxy groups -OCH3 is 1. The van der Waals surface area contributed by atoms with E-state index in [0.717, 1.165) is 35.8 Å². The van der Waals surface area contributed by atoms with Crippen molar-refractivity contribution >= 4 is 41.8 Å². The van der Waals surface area contributed by atoms with Crippen molar-refractivity contribution in [1.82, 2.24) is 16.0 Å². The molecule has 8 nitrogen and oxygen atoms in total. The van der Waals surface area contributed by atoms with E-state index in [-0.39, 0.29) is 36.4 Å². The summed E-state index contributed by atoms with van der Waals surface area (Å²) < 4.78 is 5.38. The van der Waals surface area contributed by atoms with Crippen LogP contribution in [0.25, 0.3) is 0 Å². The predicted octanol–water partition coefficient (Wildman–Crippen LogP) is 1.83. The summed E-state index contributed by atoms with van der Waals surface area (Å²) in [6.45, 7) is 3.76. The minimum absolute atomic E-state index is 0. The maximum absolute atomic E-state index is 11.9. The Labute approximate surface area is 200 Å². The molecule has 2 aromatic rings. The van der Waals surface area contributed by atoms with Crippen LogP contribution >= 0.6 is 24.0 Å². The third-order valence-corrected chi connectivity index (χ3v) is 4.28. The van der Waals surface area contributed by atoms with Gasteiger partial charge in [-0.1, -0.05) is 30.3 Å². The number of hydrogen-bond donors (Lipinski definition) is 4. The molecule has 0 spiro atoms. The van der Waals surface area contributed by atoms with Crippen molar-refractivity contribution in [3.8, 4) is 5.75 Å². The maximum Gasteiger partial charge on any atom is 0.251 e. The van der Waals surface area contributed by atoms with E-state index < -0.39 is 5.91 Å². The number of nitrogens with two attached hydrogens (primary N) is 1. The summed E-state index contributed by atoms with van der Waals surface area (Å²) in [7, 11) is 1.67. The van der Waals surface area contributed by atoms with Crippen molar-refractivity contribution in [1.29, 1.82) is 0 Å². The summed E-state index contributed by atoms with van der Waals surface area (Å²) in [5, 5.41) is 9.01. The number of hydrogen-bond acceptors (Lipinski definition) is 4. The number of benzene rings is 2. The molecule has 9 heteroatoms. The Kier molecular flexibility index (Phi) is 12.0. The number of nitrogens with zero attached hydrogens (tertiary/aromatic N) is 1. The summed E-state index contributed by atoms with van der Waals surface area (Å²) >= 11 is 0. The van der Waals surface area contributed by atoms with Gasteiger partial charge in [0.15, 0.2) is 5.96 Å². The Morgan fingerprint density at radius 2 is 1.74 bits per heavy atom. The van der Waals surface area contributed by atoms with Gasteiger partial charge in [0, 0.05) is 18.7 Å². The average molecular weight is 539 g/mol. The van der Waals surface area contributed by atoms with Gasteiger partial charge in [0.1, 0.15) is 5.75 Å². The van der Waals surface area contributed by atoms with Crippen LogP contribution in [0.5, 0.6) is 5.75 Å². The molecule has 0 aliphatic rings. The van der Waals surface area contributed by atoms with Crippen LogP contribution in [0.4, 0.5) is 0 Å². The Balaban J connectivity index is 0.00000480. The second-order valence-corrected chi connectivity index (χ2v) is 6.53. The van der Waals surface area contributed by atoms with Gasteiger partial charge in [-0.05, 0) is 42.7 Å². The normalized spacial score (nSPS) is 10.6. The Morgan fingerprint density at radius 3 is 2.39 bits per heavy atom. The van der Waals surface area contributed by atoms with Crippen LogP contribution in [0.2, 0.25) is 0 Å². The molecule has 5 N–H and O–H groups in total. The minimum Gasteiger partial charge on any atom is -0.496 e. The van der Waals surface area contributed by atoms with Crippen LogP contribution in [-0.2, 0) is 17.8 Å². The second kappa shape index (κ2) is 14.2. The highest BCUT2D eigenvalue weighted by atomic mass is 127. The molecular weight excluding hydrogens is 509 g/mol. The summed E-state index contributed by atoms with van der Waals surface area (Å²) in [6, 6.07) is 15.0. The quantitative estimate of drug-likeness (QED) is 0.209. The van der Waals surface area contributed by atoms with Crippen LogP contribution in [-0.4, -0.2) is 44.5 Å². The molecule has 0 aliphatic heterocycles. The molecule has 0 fully saturated rings. The Hall–Kier alpha value is -2.82. The van der Waals surface area contributed by atoms with Crippen LogP contribution in [0.15, 0.2) is 53.5 Å². The van der Waals surface area contributed by atoms with Crippen molar-refractivity contribution in [2.75, 3.05) is 26.7 Å². The number of halogens is 1. The van der Waals surface area contributed by atoms with Gasteiger partial charge in [0.2, 0.25) is 5.91 Å². The van der Waals surface area contributed by atoms with Gasteiger partial charge in [0.05, 0.1) is 20.2 Å². The number of primary amides is 1. The average Bonchev–Trinajstić information content (AvgIpc) is 2.76. The molecule has 0 aromatic heterocycles. The summed E-state index contributed by atoms with van der Waals surface area (Å²) in [5.41, 5.74) is 7.59. The van der Waals surface area contributed by atoms with Gasteiger partial charge in [-0.15, -0.1) is 24.0 Å². The van der Waals surface area contributed by atoms with Crippen molar-refractivity contribution in [3.63, 3.8) is 0 Å². The summed E-state index contributed by atoms with van der Waals surface area (Å²) in [4.78, 5) is 27.3. The number of aliphatic imine (C=N–C) groups is 1. The highest BCUT2D eigenvalue weighted by Gasteiger charge is 2.06. The largest absolute Gasteiger partial charge is 0.496 e. The molecule has 0 saturated carbocycles. The Bertz CT molecular complexity index is 872. The number of ether oxygens (including phenoxy) is 1. The number of para-hydroxylation sites is 1. The van der Waals surface area contributed by atoms with E-state index in [1.807, 2.05) is 43.3 Å². The number of nitrogens with one attached hydrogen (secondary N) is 3. The zero-order chi connectivity index (χ0) is 21.8. The van der Waals surface area contributed by atoms with Crippen molar-refractivity contribution < 1.29 is 14.3 Å². The zero-order valence-corrected chi connectivity index (χ0v) is 20.1. The lowest BCUT2D eigenvalue weighted by atomic mass is 10.1. The molecule has 0 aliphatic carbocycles. The molecule has 0 saturated heterocycles. The molecule has 0 heterocycles. The number of amides is 2. The second-order valence-electron chi connectivity index (χ2n) is 6.53. The van der Waals surface area contributed by atoms with Crippen molar-refractivity contribution in [2.45, 2.75) is 19.9 Å². The predicted molar refractivity (Wildman–Crippen MR) is 133 cm³/mol. The lowest BCUT2D eigenvalue weighted by Gasteiger charge is -2.13. The molecule has 2 aromatic carbocycles. The van der Waals surface area contributed by atoms with Gasteiger partial charge in [-0.25, -0.2) is 4.99 Å². The van der Waals surface area contributed by atoms with Gasteiger partial charge < -0.3 is 26.4 Å². The molecule has 0 radical (unpaired) electrons. The first-order valence-electron chi connectivity index (χ1n) is 9.83. The smallest absolute Gasteiger partial charge is 0.251 e. The first-order valence-corrected chi connectivity index (χ1v) is 9.83. The maximum atomic E-state index is 11.9. The number of carbonyl (C=O) groups is 2. The SMILES string of the molecule is CCNC(=NCc1ccc(C(=O)NCC(N)=O)cc1)NCCc1ccccc1OC.I. The third-order valence-electron chi connectivity index (χ3n) is 4.28. The lowest BCUT2D eigenvalue weighted by molar-refractivity contribution is -0.117. The van der Waals surface area contributed by atoms with E-state index in [1.54, 1.807) is 19.2 Å². The monoisotopic (exact) mass is 539 g/mol. The standard InChI is InChI=1S/C22H29N5O3.HI/c1-3-24-22(25-13-12-17-6-4-5-7-19(17)30-2)27-14-16-8-10-18(11-9-16)21(29)26-15-20(23)28;/h4-11H,3,12-15H2,1-2H3,(H2,23,28)(H,26,29)(H2,24,25,27);1H. The molecule has 31 heavy (non-hydrogen) atoms. The van der Waals surface area contributed by atoms with Gasteiger partial charge in [-0.2, -0.15) is 0 Å². The van der Waals surface area contributed by atoms with E-state index in [1.165, 1.54) is 0 Å². The van der Waals surface area contributed by atoms with Gasteiger partial charge in [0.25, 0.3) is 5.91 Å². The highest BCUT2D eigenvalue weighted by molar-refractivity contribution is 14.0. The first-order chi connectivity index (χ1) is 14.5. The van der Waals surface area contributed by atoms with Crippen LogP contribution < -0.4 is 26.4 Å². The molecule has 2 rings (SSSR count). The molecular formula is C22H30IN5O3. The van der Waals surface area contributed by atoms with Crippen molar-refractivity contribution in [3.05, 3.63) is 65.2 Å². The number of rotatable bonds is 10. The van der Waals surface area contributed by atoms with Gasteiger partial charge >= 0.3 is 0 Å². The van der Waals surface area contributed by atoms with Crippen molar-refractivity contribution in [2.24, 2.45) is 10.7 Å². The topological polar surface area (TPSA) is 118 Å². The highest BCUT2D eigenvalue weighted by Crippen LogP contribution is 2.17. The molecule has 2 amide bonds. The van der Waals surface area contributed by atoms with Crippen LogP contribution in [0.1, 0.15) is 28.4 Å². The Morgan fingerprint density at radius 1 is 1.03 bits per heavy atom. The van der Waals surface area contributed by atoms with E-state index in [2.05, 4.69) is 20.9 Å². The van der Waals surface area contributed by atoms with E-state index in [9.17, 15) is 9.59 Å². The van der Waals surface area contributed by atoms with E-state index >= 15 is 0 Å². The summed E-state index contributed by atoms with van der Waals surface area (Å²) in [5.74, 6) is 0.676. The van der Waals surface area contributed by atoms with Crippen LogP contribution in [0.3, 0.4) is 0 Å².